The van der Waals surface area contributed by atoms with Crippen LogP contribution in [0.5, 0.6) is 5.88 Å². The maximum absolute atomic E-state index is 13.3. The molecule has 96 valence electrons. The van der Waals surface area contributed by atoms with E-state index in [2.05, 4.69) is 9.97 Å². The molecule has 0 amide bonds. The lowest BCUT2D eigenvalue weighted by Crippen LogP contribution is -2.15. The van der Waals surface area contributed by atoms with E-state index in [0.29, 0.717) is 0 Å². The molecule has 4 nitrogen and oxygen atoms in total. The van der Waals surface area contributed by atoms with E-state index in [-0.39, 0.29) is 23.1 Å². The third-order valence-electron chi connectivity index (χ3n) is 2.75. The number of hydrogen-bond acceptors (Lipinski definition) is 4. The van der Waals surface area contributed by atoms with Crippen molar-refractivity contribution >= 4 is 19.3 Å². The molecule has 0 saturated carbocycles. The molecule has 19 heavy (non-hydrogen) atoms. The Morgan fingerprint density at radius 3 is 2.89 bits per heavy atom. The largest absolute Gasteiger partial charge is 0.467 e. The van der Waals surface area contributed by atoms with Gasteiger partial charge in [0.15, 0.2) is 5.82 Å². The van der Waals surface area contributed by atoms with Gasteiger partial charge in [-0.1, -0.05) is 6.07 Å². The Balaban J connectivity index is 2.27. The van der Waals surface area contributed by atoms with Crippen molar-refractivity contribution < 1.29 is 9.13 Å². The zero-order valence-corrected chi connectivity index (χ0v) is 10.7. The quantitative estimate of drug-likeness (QED) is 0.845. The molecule has 0 aliphatic heterocycles. The zero-order valence-electron chi connectivity index (χ0n) is 10.7. The summed E-state index contributed by atoms with van der Waals surface area (Å²) in [6.45, 7) is 3.66. The first-order chi connectivity index (χ1) is 8.97. The van der Waals surface area contributed by atoms with Gasteiger partial charge in [-0.05, 0) is 37.1 Å². The van der Waals surface area contributed by atoms with Crippen molar-refractivity contribution in [3.8, 4) is 5.88 Å². The van der Waals surface area contributed by atoms with E-state index in [1.54, 1.807) is 13.0 Å². The topological polar surface area (TPSA) is 61.0 Å². The van der Waals surface area contributed by atoms with Gasteiger partial charge in [0.25, 0.3) is 5.88 Å². The SMILES string of the molecule is [B]c1cnc(N)c(OC(C)c2cc(F)ccc2C)n1. The van der Waals surface area contributed by atoms with Crippen LogP contribution in [0.3, 0.4) is 0 Å². The Bertz CT molecular complexity index is 606. The molecule has 0 aliphatic rings. The minimum Gasteiger partial charge on any atom is -0.467 e. The third-order valence-corrected chi connectivity index (χ3v) is 2.75. The molecule has 0 fully saturated rings. The fraction of sp³-hybridized carbons (Fsp3) is 0.231. The standard InChI is InChI=1S/C13H13BFN3O/c1-7-3-4-9(15)5-10(7)8(2)19-13-12(16)17-6-11(14)18-13/h3-6,8H,1-2H3,(H2,16,17). The Labute approximate surface area is 112 Å². The van der Waals surface area contributed by atoms with Gasteiger partial charge in [-0.25, -0.2) is 14.4 Å². The molecule has 2 rings (SSSR count). The average molecular weight is 257 g/mol. The van der Waals surface area contributed by atoms with E-state index in [0.717, 1.165) is 11.1 Å². The van der Waals surface area contributed by atoms with Crippen molar-refractivity contribution in [1.29, 1.82) is 0 Å². The monoisotopic (exact) mass is 257 g/mol. The molecular formula is C13H13BFN3O. The Hall–Kier alpha value is -2.11. The fourth-order valence-electron chi connectivity index (χ4n) is 1.76. The molecule has 2 aromatic rings. The number of rotatable bonds is 3. The minimum absolute atomic E-state index is 0.148. The number of nitrogens with zero attached hydrogens (tertiary/aromatic N) is 2. The molecule has 2 radical (unpaired) electrons. The summed E-state index contributed by atoms with van der Waals surface area (Å²) in [4.78, 5) is 7.82. The molecule has 2 N–H and O–H groups in total. The first-order valence-electron chi connectivity index (χ1n) is 5.78. The summed E-state index contributed by atoms with van der Waals surface area (Å²) in [5, 5.41) is 0. The van der Waals surface area contributed by atoms with Crippen LogP contribution in [-0.2, 0) is 0 Å². The van der Waals surface area contributed by atoms with Gasteiger partial charge >= 0.3 is 0 Å². The predicted octanol–water partition coefficient (Wildman–Crippen LogP) is 1.44. The van der Waals surface area contributed by atoms with Crippen molar-refractivity contribution in [3.05, 3.63) is 41.3 Å². The van der Waals surface area contributed by atoms with Gasteiger partial charge in [0.05, 0.1) is 0 Å². The second kappa shape index (κ2) is 5.26. The number of nitrogens with two attached hydrogens (primary N) is 1. The molecule has 1 atom stereocenters. The number of ether oxygens (including phenoxy) is 1. The summed E-state index contributed by atoms with van der Waals surface area (Å²) in [6.07, 6.45) is 0.939. The Morgan fingerprint density at radius 2 is 2.16 bits per heavy atom. The van der Waals surface area contributed by atoms with Gasteiger partial charge in [0.1, 0.15) is 19.8 Å². The summed E-state index contributed by atoms with van der Waals surface area (Å²) in [6, 6.07) is 4.52. The van der Waals surface area contributed by atoms with E-state index in [1.807, 2.05) is 6.92 Å². The van der Waals surface area contributed by atoms with E-state index < -0.39 is 6.10 Å². The van der Waals surface area contributed by atoms with Crippen molar-refractivity contribution in [1.82, 2.24) is 9.97 Å². The van der Waals surface area contributed by atoms with Crippen molar-refractivity contribution in [3.63, 3.8) is 0 Å². The van der Waals surface area contributed by atoms with Gasteiger partial charge in [0, 0.05) is 11.8 Å². The lowest BCUT2D eigenvalue weighted by Gasteiger charge is -2.17. The van der Waals surface area contributed by atoms with Crippen LogP contribution in [0.15, 0.2) is 24.4 Å². The van der Waals surface area contributed by atoms with Crippen LogP contribution in [0.25, 0.3) is 0 Å². The summed E-state index contributed by atoms with van der Waals surface area (Å²) in [7, 11) is 5.53. The zero-order chi connectivity index (χ0) is 14.0. The van der Waals surface area contributed by atoms with Crippen LogP contribution < -0.4 is 16.1 Å². The van der Waals surface area contributed by atoms with Gasteiger partial charge in [-0.2, -0.15) is 0 Å². The molecule has 1 aromatic carbocycles. The smallest absolute Gasteiger partial charge is 0.257 e. The second-order valence-electron chi connectivity index (χ2n) is 4.25. The lowest BCUT2D eigenvalue weighted by molar-refractivity contribution is 0.217. The van der Waals surface area contributed by atoms with E-state index >= 15 is 0 Å². The highest BCUT2D eigenvalue weighted by molar-refractivity contribution is 6.30. The second-order valence-corrected chi connectivity index (χ2v) is 4.25. The minimum atomic E-state index is -0.408. The predicted molar refractivity (Wildman–Crippen MR) is 72.0 cm³/mol. The van der Waals surface area contributed by atoms with E-state index in [1.165, 1.54) is 18.3 Å². The highest BCUT2D eigenvalue weighted by Gasteiger charge is 2.14. The molecule has 1 unspecified atom stereocenters. The molecule has 0 spiro atoms. The van der Waals surface area contributed by atoms with E-state index in [4.69, 9.17) is 18.3 Å². The van der Waals surface area contributed by atoms with Crippen LogP contribution in [0.2, 0.25) is 0 Å². The van der Waals surface area contributed by atoms with Gasteiger partial charge in [0.2, 0.25) is 0 Å². The summed E-state index contributed by atoms with van der Waals surface area (Å²) in [5.74, 6) is -0.0195. The van der Waals surface area contributed by atoms with Crippen molar-refractivity contribution in [2.75, 3.05) is 5.73 Å². The van der Waals surface area contributed by atoms with Crippen LogP contribution in [-0.4, -0.2) is 17.8 Å². The van der Waals surface area contributed by atoms with Gasteiger partial charge in [-0.15, -0.1) is 0 Å². The summed E-state index contributed by atoms with van der Waals surface area (Å²) in [5.41, 5.74) is 7.52. The molecule has 6 heteroatoms. The average Bonchev–Trinajstić information content (AvgIpc) is 2.36. The summed E-state index contributed by atoms with van der Waals surface area (Å²) < 4.78 is 18.9. The molecule has 1 heterocycles. The van der Waals surface area contributed by atoms with Crippen LogP contribution in [0.1, 0.15) is 24.2 Å². The number of aryl methyl sites for hydroxylation is 1. The Kier molecular flexibility index (Phi) is 3.69. The lowest BCUT2D eigenvalue weighted by atomic mass is 10.0. The molecule has 0 bridgehead atoms. The Morgan fingerprint density at radius 1 is 1.42 bits per heavy atom. The molecule has 1 aromatic heterocycles. The highest BCUT2D eigenvalue weighted by Crippen LogP contribution is 2.25. The highest BCUT2D eigenvalue weighted by atomic mass is 19.1. The van der Waals surface area contributed by atoms with E-state index in [9.17, 15) is 4.39 Å². The van der Waals surface area contributed by atoms with Gasteiger partial charge < -0.3 is 10.5 Å². The van der Waals surface area contributed by atoms with Crippen LogP contribution in [0.4, 0.5) is 10.2 Å². The van der Waals surface area contributed by atoms with Crippen molar-refractivity contribution in [2.24, 2.45) is 0 Å². The normalized spacial score (nSPS) is 12.2. The summed E-state index contributed by atoms with van der Waals surface area (Å²) >= 11 is 0. The first-order valence-corrected chi connectivity index (χ1v) is 5.78. The van der Waals surface area contributed by atoms with Crippen molar-refractivity contribution in [2.45, 2.75) is 20.0 Å². The van der Waals surface area contributed by atoms with Crippen LogP contribution >= 0.6 is 0 Å². The number of anilines is 1. The number of halogens is 1. The number of aromatic nitrogens is 2. The maximum Gasteiger partial charge on any atom is 0.257 e. The number of benzene rings is 1. The maximum atomic E-state index is 13.3. The molecule has 0 saturated heterocycles. The fourth-order valence-corrected chi connectivity index (χ4v) is 1.76. The number of nitrogen functional groups attached to an aromatic ring is 1. The van der Waals surface area contributed by atoms with Gasteiger partial charge in [-0.3, -0.25) is 0 Å². The number of hydrogen-bond donors (Lipinski definition) is 1. The third kappa shape index (κ3) is 3.02. The first kappa shape index (κ1) is 13.3. The molecule has 0 aliphatic carbocycles. The van der Waals surface area contributed by atoms with Crippen LogP contribution in [0, 0.1) is 12.7 Å². The molecular weight excluding hydrogens is 244 g/mol.